The van der Waals surface area contributed by atoms with Gasteiger partial charge in [0.25, 0.3) is 0 Å². The van der Waals surface area contributed by atoms with Crippen LogP contribution in [0.5, 0.6) is 0 Å². The van der Waals surface area contributed by atoms with Crippen molar-refractivity contribution in [2.75, 3.05) is 32.7 Å². The van der Waals surface area contributed by atoms with E-state index in [1.165, 1.54) is 29.8 Å². The molecule has 0 bridgehead atoms. The molecule has 1 aliphatic rings. The molecule has 2 aromatic rings. The first-order valence-corrected chi connectivity index (χ1v) is 11.8. The maximum Gasteiger partial charge on any atom is 0.191 e. The molecule has 0 aliphatic carbocycles. The van der Waals surface area contributed by atoms with Crippen LogP contribution in [0.15, 0.2) is 35.3 Å². The largest absolute Gasteiger partial charge is 0.357 e. The maximum atomic E-state index is 4.93. The first-order chi connectivity index (χ1) is 15.0. The molecule has 0 radical (unpaired) electrons. The lowest BCUT2D eigenvalue weighted by Gasteiger charge is -2.19. The lowest BCUT2D eigenvalue weighted by atomic mass is 10.1. The highest BCUT2D eigenvalue weighted by atomic mass is 15.3. The zero-order chi connectivity index (χ0) is 22.2. The van der Waals surface area contributed by atoms with Gasteiger partial charge in [-0.25, -0.2) is 0 Å². The molecule has 1 fully saturated rings. The van der Waals surface area contributed by atoms with E-state index < -0.39 is 0 Å². The Morgan fingerprint density at radius 2 is 2.03 bits per heavy atom. The number of aryl methyl sites for hydroxylation is 2. The van der Waals surface area contributed by atoms with Crippen molar-refractivity contribution in [2.45, 2.75) is 53.0 Å². The van der Waals surface area contributed by atoms with Gasteiger partial charge in [-0.05, 0) is 70.5 Å². The fraction of sp³-hybridized carbons (Fsp3) is 0.600. The molecule has 6 heteroatoms. The van der Waals surface area contributed by atoms with Gasteiger partial charge in [0, 0.05) is 45.0 Å². The zero-order valence-electron chi connectivity index (χ0n) is 20.0. The smallest absolute Gasteiger partial charge is 0.191 e. The standard InChI is InChI=1S/C25H40N6/c1-6-26-25(28-19(2)16-24-20(3)29-30(5)21(24)4)27-17-23-13-15-31(18-23)14-12-22-10-8-7-9-11-22/h7-11,19,23H,6,12-18H2,1-5H3,(H2,26,27,28). The molecule has 1 aromatic carbocycles. The molecule has 1 aromatic heterocycles. The van der Waals surface area contributed by atoms with Crippen molar-refractivity contribution in [1.29, 1.82) is 0 Å². The van der Waals surface area contributed by atoms with E-state index in [0.29, 0.717) is 12.0 Å². The second kappa shape index (κ2) is 11.3. The monoisotopic (exact) mass is 424 g/mol. The number of aromatic nitrogens is 2. The summed E-state index contributed by atoms with van der Waals surface area (Å²) >= 11 is 0. The number of rotatable bonds is 9. The number of benzene rings is 1. The Hall–Kier alpha value is -2.34. The maximum absolute atomic E-state index is 4.93. The van der Waals surface area contributed by atoms with Crippen LogP contribution in [0.25, 0.3) is 0 Å². The summed E-state index contributed by atoms with van der Waals surface area (Å²) in [7, 11) is 2.01. The average molecular weight is 425 g/mol. The first kappa shape index (κ1) is 23.3. The van der Waals surface area contributed by atoms with Gasteiger partial charge < -0.3 is 15.5 Å². The van der Waals surface area contributed by atoms with E-state index in [9.17, 15) is 0 Å². The molecule has 2 heterocycles. The fourth-order valence-corrected chi connectivity index (χ4v) is 4.44. The number of hydrogen-bond donors (Lipinski definition) is 2. The highest BCUT2D eigenvalue weighted by Crippen LogP contribution is 2.17. The third-order valence-corrected chi connectivity index (χ3v) is 6.33. The highest BCUT2D eigenvalue weighted by Gasteiger charge is 2.22. The van der Waals surface area contributed by atoms with Crippen LogP contribution in [0, 0.1) is 19.8 Å². The topological polar surface area (TPSA) is 57.5 Å². The Morgan fingerprint density at radius 1 is 1.26 bits per heavy atom. The number of nitrogens with zero attached hydrogens (tertiary/aromatic N) is 4. The third-order valence-electron chi connectivity index (χ3n) is 6.33. The molecule has 6 nitrogen and oxygen atoms in total. The normalized spacial score (nSPS) is 18.4. The number of guanidine groups is 1. The summed E-state index contributed by atoms with van der Waals surface area (Å²) in [6, 6.07) is 11.1. The Balaban J connectivity index is 1.47. The minimum atomic E-state index is 0.297. The first-order valence-electron chi connectivity index (χ1n) is 11.8. The van der Waals surface area contributed by atoms with Crippen molar-refractivity contribution in [2.24, 2.45) is 18.0 Å². The van der Waals surface area contributed by atoms with Gasteiger partial charge in [0.05, 0.1) is 5.69 Å². The molecule has 0 saturated carbocycles. The minimum absolute atomic E-state index is 0.297. The Labute approximate surface area is 188 Å². The minimum Gasteiger partial charge on any atom is -0.357 e. The van der Waals surface area contributed by atoms with Crippen molar-refractivity contribution < 1.29 is 0 Å². The van der Waals surface area contributed by atoms with Crippen LogP contribution in [0.2, 0.25) is 0 Å². The predicted octanol–water partition coefficient (Wildman–Crippen LogP) is 3.09. The molecule has 2 unspecified atom stereocenters. The Kier molecular flexibility index (Phi) is 8.52. The van der Waals surface area contributed by atoms with Crippen LogP contribution < -0.4 is 10.6 Å². The summed E-state index contributed by atoms with van der Waals surface area (Å²) in [4.78, 5) is 7.51. The van der Waals surface area contributed by atoms with Gasteiger partial charge >= 0.3 is 0 Å². The summed E-state index contributed by atoms with van der Waals surface area (Å²) in [6.45, 7) is 13.8. The van der Waals surface area contributed by atoms with E-state index in [1.807, 2.05) is 11.7 Å². The quantitative estimate of drug-likeness (QED) is 0.480. The summed E-state index contributed by atoms with van der Waals surface area (Å²) < 4.78 is 1.97. The molecular weight excluding hydrogens is 384 g/mol. The van der Waals surface area contributed by atoms with Crippen LogP contribution in [-0.2, 0) is 19.9 Å². The Bertz CT molecular complexity index is 841. The van der Waals surface area contributed by atoms with Gasteiger partial charge in [-0.2, -0.15) is 5.10 Å². The second-order valence-corrected chi connectivity index (χ2v) is 8.93. The molecule has 2 atom stereocenters. The fourth-order valence-electron chi connectivity index (χ4n) is 4.44. The van der Waals surface area contributed by atoms with Crippen molar-refractivity contribution in [3.05, 3.63) is 52.8 Å². The van der Waals surface area contributed by atoms with Gasteiger partial charge in [0.1, 0.15) is 0 Å². The van der Waals surface area contributed by atoms with Gasteiger partial charge in [0.2, 0.25) is 0 Å². The third kappa shape index (κ3) is 6.82. The number of hydrogen-bond acceptors (Lipinski definition) is 3. The number of nitrogens with one attached hydrogen (secondary N) is 2. The van der Waals surface area contributed by atoms with E-state index in [4.69, 9.17) is 4.99 Å². The molecule has 31 heavy (non-hydrogen) atoms. The SMILES string of the molecule is CCNC(=NCC1CCN(CCc2ccccc2)C1)NC(C)Cc1c(C)nn(C)c1C. The molecule has 2 N–H and O–H groups in total. The van der Waals surface area contributed by atoms with Crippen molar-refractivity contribution in [3.8, 4) is 0 Å². The number of likely N-dealkylation sites (tertiary alicyclic amines) is 1. The second-order valence-electron chi connectivity index (χ2n) is 8.93. The van der Waals surface area contributed by atoms with E-state index in [0.717, 1.165) is 50.7 Å². The van der Waals surface area contributed by atoms with Crippen molar-refractivity contribution >= 4 is 5.96 Å². The summed E-state index contributed by atoms with van der Waals surface area (Å²) in [6.07, 6.45) is 3.32. The highest BCUT2D eigenvalue weighted by molar-refractivity contribution is 5.80. The van der Waals surface area contributed by atoms with Crippen molar-refractivity contribution in [1.82, 2.24) is 25.3 Å². The molecule has 170 valence electrons. The molecular formula is C25H40N6. The van der Waals surface area contributed by atoms with E-state index in [1.54, 1.807) is 0 Å². The molecule has 1 saturated heterocycles. The average Bonchev–Trinajstić information content (AvgIpc) is 3.31. The summed E-state index contributed by atoms with van der Waals surface area (Å²) in [5.41, 5.74) is 5.13. The van der Waals surface area contributed by atoms with Gasteiger partial charge in [-0.15, -0.1) is 0 Å². The van der Waals surface area contributed by atoms with Crippen LogP contribution >= 0.6 is 0 Å². The molecule has 1 aliphatic heterocycles. The number of aliphatic imine (C=N–C) groups is 1. The van der Waals surface area contributed by atoms with Gasteiger partial charge in [0.15, 0.2) is 5.96 Å². The van der Waals surface area contributed by atoms with Crippen molar-refractivity contribution in [3.63, 3.8) is 0 Å². The molecule has 0 spiro atoms. The van der Waals surface area contributed by atoms with E-state index in [-0.39, 0.29) is 0 Å². The summed E-state index contributed by atoms with van der Waals surface area (Å²) in [5.74, 6) is 1.57. The summed E-state index contributed by atoms with van der Waals surface area (Å²) in [5, 5.41) is 11.6. The van der Waals surface area contributed by atoms with Crippen LogP contribution in [0.3, 0.4) is 0 Å². The molecule has 0 amide bonds. The van der Waals surface area contributed by atoms with E-state index in [2.05, 4.69) is 78.7 Å². The predicted molar refractivity (Wildman–Crippen MR) is 130 cm³/mol. The van der Waals surface area contributed by atoms with Crippen LogP contribution in [0.1, 0.15) is 42.8 Å². The van der Waals surface area contributed by atoms with Gasteiger partial charge in [-0.1, -0.05) is 30.3 Å². The lowest BCUT2D eigenvalue weighted by Crippen LogP contribution is -2.43. The van der Waals surface area contributed by atoms with Crippen LogP contribution in [-0.4, -0.2) is 59.4 Å². The Morgan fingerprint density at radius 3 is 2.71 bits per heavy atom. The lowest BCUT2D eigenvalue weighted by molar-refractivity contribution is 0.329. The van der Waals surface area contributed by atoms with E-state index >= 15 is 0 Å². The molecule has 3 rings (SSSR count). The van der Waals surface area contributed by atoms with Crippen LogP contribution in [0.4, 0.5) is 0 Å². The van der Waals surface area contributed by atoms with Gasteiger partial charge in [-0.3, -0.25) is 9.67 Å². The zero-order valence-corrected chi connectivity index (χ0v) is 20.0.